The third-order valence-corrected chi connectivity index (χ3v) is 3.58. The largest absolute Gasteiger partial charge is 0.490 e. The third-order valence-electron chi connectivity index (χ3n) is 3.58. The summed E-state index contributed by atoms with van der Waals surface area (Å²) in [6.07, 6.45) is 4.01. The van der Waals surface area contributed by atoms with E-state index in [4.69, 9.17) is 9.47 Å². The Morgan fingerprint density at radius 1 is 1.48 bits per heavy atom. The van der Waals surface area contributed by atoms with Crippen LogP contribution in [0.4, 0.5) is 0 Å². The van der Waals surface area contributed by atoms with Gasteiger partial charge in [-0.2, -0.15) is 0 Å². The van der Waals surface area contributed by atoms with Gasteiger partial charge in [0.15, 0.2) is 5.75 Å². The molecule has 5 heteroatoms. The number of hydrogen-bond acceptors (Lipinski definition) is 5. The standard InChI is InChI=1S/C16H27N3O2/c1-4-6-17-8-14-15(9-18-16(19-14)12(2)3)21-11-13-5-7-20-10-13/h9,12-13,17H,4-8,10-11H2,1-3H3. The first kappa shape index (κ1) is 16.2. The Balaban J connectivity index is 2.01. The summed E-state index contributed by atoms with van der Waals surface area (Å²) in [5.41, 5.74) is 0.959. The average molecular weight is 293 g/mol. The van der Waals surface area contributed by atoms with Gasteiger partial charge in [-0.05, 0) is 19.4 Å². The van der Waals surface area contributed by atoms with Crippen molar-refractivity contribution < 1.29 is 9.47 Å². The highest BCUT2D eigenvalue weighted by Crippen LogP contribution is 2.21. The molecule has 0 aromatic carbocycles. The highest BCUT2D eigenvalue weighted by molar-refractivity contribution is 5.25. The van der Waals surface area contributed by atoms with Gasteiger partial charge < -0.3 is 14.8 Å². The summed E-state index contributed by atoms with van der Waals surface area (Å²) >= 11 is 0. The number of ether oxygens (including phenoxy) is 2. The molecule has 1 unspecified atom stereocenters. The number of nitrogens with zero attached hydrogens (tertiary/aromatic N) is 2. The van der Waals surface area contributed by atoms with Crippen LogP contribution in [0, 0.1) is 5.92 Å². The van der Waals surface area contributed by atoms with E-state index in [0.717, 1.165) is 56.4 Å². The van der Waals surface area contributed by atoms with E-state index < -0.39 is 0 Å². The summed E-state index contributed by atoms with van der Waals surface area (Å²) in [7, 11) is 0. The SMILES string of the molecule is CCCNCc1nc(C(C)C)ncc1OCC1CCOC1. The molecule has 1 aliphatic rings. The van der Waals surface area contributed by atoms with Crippen LogP contribution in [0.15, 0.2) is 6.20 Å². The minimum atomic E-state index is 0.326. The second-order valence-corrected chi connectivity index (χ2v) is 5.91. The van der Waals surface area contributed by atoms with E-state index >= 15 is 0 Å². The quantitative estimate of drug-likeness (QED) is 0.746. The summed E-state index contributed by atoms with van der Waals surface area (Å²) in [4.78, 5) is 9.08. The van der Waals surface area contributed by atoms with Crippen molar-refractivity contribution in [2.45, 2.75) is 46.1 Å². The van der Waals surface area contributed by atoms with Gasteiger partial charge in [-0.1, -0.05) is 20.8 Å². The molecular weight excluding hydrogens is 266 g/mol. The van der Waals surface area contributed by atoms with Gasteiger partial charge in [-0.25, -0.2) is 9.97 Å². The molecule has 0 saturated carbocycles. The fourth-order valence-electron chi connectivity index (χ4n) is 2.25. The molecule has 1 aliphatic heterocycles. The van der Waals surface area contributed by atoms with Crippen molar-refractivity contribution in [1.82, 2.24) is 15.3 Å². The van der Waals surface area contributed by atoms with Gasteiger partial charge in [-0.3, -0.25) is 0 Å². The first-order chi connectivity index (χ1) is 10.2. The van der Waals surface area contributed by atoms with Gasteiger partial charge in [0.2, 0.25) is 0 Å². The van der Waals surface area contributed by atoms with Crippen molar-refractivity contribution in [3.05, 3.63) is 17.7 Å². The maximum absolute atomic E-state index is 5.94. The van der Waals surface area contributed by atoms with Crippen LogP contribution in [0.2, 0.25) is 0 Å². The molecule has 1 N–H and O–H groups in total. The second kappa shape index (κ2) is 8.29. The Labute approximate surface area is 127 Å². The Morgan fingerprint density at radius 2 is 2.33 bits per heavy atom. The molecule has 0 amide bonds. The lowest BCUT2D eigenvalue weighted by molar-refractivity contribution is 0.166. The first-order valence-electron chi connectivity index (χ1n) is 7.97. The minimum absolute atomic E-state index is 0.326. The van der Waals surface area contributed by atoms with E-state index in [9.17, 15) is 0 Å². The van der Waals surface area contributed by atoms with Crippen molar-refractivity contribution in [3.8, 4) is 5.75 Å². The summed E-state index contributed by atoms with van der Waals surface area (Å²) in [6.45, 7) is 10.4. The van der Waals surface area contributed by atoms with Crippen molar-refractivity contribution in [3.63, 3.8) is 0 Å². The summed E-state index contributed by atoms with van der Waals surface area (Å²) in [6, 6.07) is 0. The van der Waals surface area contributed by atoms with Crippen LogP contribution in [0.1, 0.15) is 51.0 Å². The minimum Gasteiger partial charge on any atom is -0.490 e. The van der Waals surface area contributed by atoms with E-state index in [1.807, 2.05) is 6.20 Å². The molecule has 1 aromatic heterocycles. The van der Waals surface area contributed by atoms with Gasteiger partial charge in [0.25, 0.3) is 0 Å². The molecule has 21 heavy (non-hydrogen) atoms. The molecule has 1 aromatic rings. The summed E-state index contributed by atoms with van der Waals surface area (Å²) < 4.78 is 11.3. The number of aromatic nitrogens is 2. The lowest BCUT2D eigenvalue weighted by Crippen LogP contribution is -2.19. The van der Waals surface area contributed by atoms with Gasteiger partial charge in [0.05, 0.1) is 25.1 Å². The average Bonchev–Trinajstić information content (AvgIpc) is 2.99. The second-order valence-electron chi connectivity index (χ2n) is 5.91. The lowest BCUT2D eigenvalue weighted by Gasteiger charge is -2.15. The van der Waals surface area contributed by atoms with Crippen LogP contribution >= 0.6 is 0 Å². The molecule has 0 bridgehead atoms. The Morgan fingerprint density at radius 3 is 3.00 bits per heavy atom. The van der Waals surface area contributed by atoms with E-state index in [0.29, 0.717) is 18.4 Å². The number of nitrogens with one attached hydrogen (secondary N) is 1. The first-order valence-corrected chi connectivity index (χ1v) is 7.97. The molecule has 118 valence electrons. The monoisotopic (exact) mass is 293 g/mol. The van der Waals surface area contributed by atoms with E-state index in [-0.39, 0.29) is 0 Å². The Hall–Kier alpha value is -1.20. The van der Waals surface area contributed by atoms with Crippen LogP contribution < -0.4 is 10.1 Å². The van der Waals surface area contributed by atoms with E-state index in [2.05, 4.69) is 36.1 Å². The van der Waals surface area contributed by atoms with Crippen LogP contribution in [-0.4, -0.2) is 36.3 Å². The van der Waals surface area contributed by atoms with Crippen LogP contribution in [0.5, 0.6) is 5.75 Å². The molecule has 5 nitrogen and oxygen atoms in total. The summed E-state index contributed by atoms with van der Waals surface area (Å²) in [5.74, 6) is 2.49. The molecule has 1 saturated heterocycles. The zero-order valence-corrected chi connectivity index (χ0v) is 13.4. The zero-order valence-electron chi connectivity index (χ0n) is 13.4. The number of rotatable bonds is 8. The molecule has 1 fully saturated rings. The fourth-order valence-corrected chi connectivity index (χ4v) is 2.25. The smallest absolute Gasteiger partial charge is 0.160 e. The zero-order chi connectivity index (χ0) is 15.1. The topological polar surface area (TPSA) is 56.3 Å². The Kier molecular flexibility index (Phi) is 6.39. The predicted octanol–water partition coefficient (Wildman–Crippen LogP) is 2.51. The van der Waals surface area contributed by atoms with Gasteiger partial charge in [0, 0.05) is 25.0 Å². The van der Waals surface area contributed by atoms with Crippen molar-refractivity contribution in [1.29, 1.82) is 0 Å². The third kappa shape index (κ3) is 4.93. The van der Waals surface area contributed by atoms with E-state index in [1.165, 1.54) is 0 Å². The lowest BCUT2D eigenvalue weighted by atomic mass is 10.1. The van der Waals surface area contributed by atoms with Gasteiger partial charge >= 0.3 is 0 Å². The van der Waals surface area contributed by atoms with Crippen LogP contribution in [0.25, 0.3) is 0 Å². The van der Waals surface area contributed by atoms with Crippen molar-refractivity contribution in [2.75, 3.05) is 26.4 Å². The highest BCUT2D eigenvalue weighted by atomic mass is 16.5. The summed E-state index contributed by atoms with van der Waals surface area (Å²) in [5, 5.41) is 3.39. The molecule has 0 radical (unpaired) electrons. The molecular formula is C16H27N3O2. The Bertz CT molecular complexity index is 432. The van der Waals surface area contributed by atoms with Crippen molar-refractivity contribution >= 4 is 0 Å². The van der Waals surface area contributed by atoms with Crippen LogP contribution in [-0.2, 0) is 11.3 Å². The van der Waals surface area contributed by atoms with E-state index in [1.54, 1.807) is 0 Å². The predicted molar refractivity (Wildman–Crippen MR) is 82.5 cm³/mol. The van der Waals surface area contributed by atoms with Gasteiger partial charge in [0.1, 0.15) is 5.82 Å². The maximum Gasteiger partial charge on any atom is 0.160 e. The van der Waals surface area contributed by atoms with Crippen molar-refractivity contribution in [2.24, 2.45) is 5.92 Å². The molecule has 2 rings (SSSR count). The molecule has 0 aliphatic carbocycles. The molecule has 2 heterocycles. The fraction of sp³-hybridized carbons (Fsp3) is 0.750. The maximum atomic E-state index is 5.94. The van der Waals surface area contributed by atoms with Gasteiger partial charge in [-0.15, -0.1) is 0 Å². The molecule has 1 atom stereocenters. The highest BCUT2D eigenvalue weighted by Gasteiger charge is 2.18. The normalized spacial score (nSPS) is 18.4. The molecule has 0 spiro atoms. The van der Waals surface area contributed by atoms with Crippen LogP contribution in [0.3, 0.4) is 0 Å². The number of hydrogen-bond donors (Lipinski definition) is 1.